The van der Waals surface area contributed by atoms with Gasteiger partial charge in [-0.1, -0.05) is 6.42 Å². The van der Waals surface area contributed by atoms with Gasteiger partial charge in [-0.15, -0.1) is 0 Å². The molecule has 0 aliphatic heterocycles. The van der Waals surface area contributed by atoms with Crippen LogP contribution in [0.2, 0.25) is 0 Å². The zero-order valence-electron chi connectivity index (χ0n) is 7.79. The van der Waals surface area contributed by atoms with Crippen LogP contribution in [0.4, 0.5) is 0 Å². The molecule has 2 nitrogen and oxygen atoms in total. The molecule has 2 aliphatic rings. The first-order chi connectivity index (χ1) is 5.75. The summed E-state index contributed by atoms with van der Waals surface area (Å²) in [6, 6.07) is 0.721. The molecular formula is C10H19NO. The van der Waals surface area contributed by atoms with Gasteiger partial charge in [0.2, 0.25) is 0 Å². The molecule has 2 fully saturated rings. The largest absolute Gasteiger partial charge is 0.392 e. The van der Waals surface area contributed by atoms with Crippen LogP contribution in [-0.2, 0) is 0 Å². The van der Waals surface area contributed by atoms with E-state index in [1.54, 1.807) is 0 Å². The standard InChI is InChI=1S/C10H19NO/c1-7(12)6-11-10-5-8-2-3-9(10)4-8/h7-12H,2-6H2,1H3/t7-,8+,9+,10-/m1/s1. The van der Waals surface area contributed by atoms with Crippen LogP contribution in [0.5, 0.6) is 0 Å². The third-order valence-corrected chi connectivity index (χ3v) is 3.41. The highest BCUT2D eigenvalue weighted by atomic mass is 16.3. The van der Waals surface area contributed by atoms with E-state index in [4.69, 9.17) is 5.11 Å². The van der Waals surface area contributed by atoms with Crippen LogP contribution < -0.4 is 5.32 Å². The van der Waals surface area contributed by atoms with Crippen molar-refractivity contribution in [3.8, 4) is 0 Å². The van der Waals surface area contributed by atoms with Gasteiger partial charge >= 0.3 is 0 Å². The van der Waals surface area contributed by atoms with E-state index in [2.05, 4.69) is 5.32 Å². The molecule has 2 heteroatoms. The summed E-state index contributed by atoms with van der Waals surface area (Å²) in [7, 11) is 0. The van der Waals surface area contributed by atoms with Gasteiger partial charge < -0.3 is 10.4 Å². The number of aliphatic hydroxyl groups excluding tert-OH is 1. The average Bonchev–Trinajstić information content (AvgIpc) is 2.60. The molecule has 12 heavy (non-hydrogen) atoms. The van der Waals surface area contributed by atoms with Crippen molar-refractivity contribution in [3.05, 3.63) is 0 Å². The molecule has 2 bridgehead atoms. The predicted octanol–water partition coefficient (Wildman–Crippen LogP) is 1.15. The third kappa shape index (κ3) is 1.64. The molecule has 70 valence electrons. The van der Waals surface area contributed by atoms with Crippen LogP contribution in [-0.4, -0.2) is 23.8 Å². The topological polar surface area (TPSA) is 32.3 Å². The fourth-order valence-electron chi connectivity index (χ4n) is 2.82. The van der Waals surface area contributed by atoms with E-state index in [9.17, 15) is 0 Å². The number of rotatable bonds is 3. The van der Waals surface area contributed by atoms with E-state index < -0.39 is 0 Å². The zero-order chi connectivity index (χ0) is 8.55. The van der Waals surface area contributed by atoms with Crippen molar-refractivity contribution in [2.75, 3.05) is 6.54 Å². The number of hydrogen-bond acceptors (Lipinski definition) is 2. The van der Waals surface area contributed by atoms with Crippen molar-refractivity contribution >= 4 is 0 Å². The monoisotopic (exact) mass is 169 g/mol. The molecule has 2 N–H and O–H groups in total. The molecule has 0 aromatic carbocycles. The fourth-order valence-corrected chi connectivity index (χ4v) is 2.82. The molecule has 0 aromatic rings. The summed E-state index contributed by atoms with van der Waals surface area (Å²) in [5.41, 5.74) is 0. The number of nitrogens with one attached hydrogen (secondary N) is 1. The van der Waals surface area contributed by atoms with E-state index in [1.807, 2.05) is 6.92 Å². The second-order valence-electron chi connectivity index (χ2n) is 4.54. The molecule has 0 spiro atoms. The van der Waals surface area contributed by atoms with Gasteiger partial charge in [-0.25, -0.2) is 0 Å². The molecule has 0 heterocycles. The summed E-state index contributed by atoms with van der Waals surface area (Å²) in [5.74, 6) is 1.93. The lowest BCUT2D eigenvalue weighted by Crippen LogP contribution is -2.38. The first-order valence-electron chi connectivity index (χ1n) is 5.17. The summed E-state index contributed by atoms with van der Waals surface area (Å²) >= 11 is 0. The maximum atomic E-state index is 9.12. The minimum absolute atomic E-state index is 0.191. The van der Waals surface area contributed by atoms with Crippen LogP contribution >= 0.6 is 0 Å². The first kappa shape index (κ1) is 8.52. The zero-order valence-corrected chi connectivity index (χ0v) is 7.79. The Labute approximate surface area is 74.4 Å². The Morgan fingerprint density at radius 1 is 1.42 bits per heavy atom. The van der Waals surface area contributed by atoms with Gasteiger partial charge in [-0.2, -0.15) is 0 Å². The molecular weight excluding hydrogens is 150 g/mol. The van der Waals surface area contributed by atoms with Crippen molar-refractivity contribution < 1.29 is 5.11 Å². The van der Waals surface area contributed by atoms with Gasteiger partial charge in [-0.05, 0) is 38.0 Å². The summed E-state index contributed by atoms with van der Waals surface area (Å²) < 4.78 is 0. The van der Waals surface area contributed by atoms with Crippen molar-refractivity contribution in [2.24, 2.45) is 11.8 Å². The molecule has 2 aliphatic carbocycles. The predicted molar refractivity (Wildman–Crippen MR) is 48.9 cm³/mol. The Bertz CT molecular complexity index is 158. The Morgan fingerprint density at radius 3 is 2.75 bits per heavy atom. The summed E-state index contributed by atoms with van der Waals surface area (Å²) in [6.07, 6.45) is 5.48. The quantitative estimate of drug-likeness (QED) is 0.664. The lowest BCUT2D eigenvalue weighted by Gasteiger charge is -2.23. The number of hydrogen-bond donors (Lipinski definition) is 2. The highest BCUT2D eigenvalue weighted by Crippen LogP contribution is 2.44. The van der Waals surface area contributed by atoms with Gasteiger partial charge in [0.1, 0.15) is 0 Å². The fraction of sp³-hybridized carbons (Fsp3) is 1.00. The minimum Gasteiger partial charge on any atom is -0.392 e. The van der Waals surface area contributed by atoms with Crippen LogP contribution in [0, 0.1) is 11.8 Å². The average molecular weight is 169 g/mol. The van der Waals surface area contributed by atoms with Gasteiger partial charge in [0, 0.05) is 12.6 Å². The minimum atomic E-state index is -0.191. The Morgan fingerprint density at radius 2 is 2.25 bits per heavy atom. The first-order valence-corrected chi connectivity index (χ1v) is 5.17. The highest BCUT2D eigenvalue weighted by molar-refractivity contribution is 4.94. The van der Waals surface area contributed by atoms with E-state index in [1.165, 1.54) is 25.7 Å². The Kier molecular flexibility index (Phi) is 2.37. The lowest BCUT2D eigenvalue weighted by molar-refractivity contribution is 0.179. The number of aliphatic hydroxyl groups is 1. The molecule has 0 radical (unpaired) electrons. The SMILES string of the molecule is C[C@@H](O)CN[C@@H]1C[C@H]2CC[C@H]1C2. The maximum absolute atomic E-state index is 9.12. The highest BCUT2D eigenvalue weighted by Gasteiger charge is 2.38. The Hall–Kier alpha value is -0.0800. The van der Waals surface area contributed by atoms with Crippen LogP contribution in [0.25, 0.3) is 0 Å². The molecule has 4 atom stereocenters. The van der Waals surface area contributed by atoms with Gasteiger partial charge in [0.15, 0.2) is 0 Å². The molecule has 2 saturated carbocycles. The number of fused-ring (bicyclic) bond motifs is 2. The second-order valence-corrected chi connectivity index (χ2v) is 4.54. The molecule has 0 saturated heterocycles. The maximum Gasteiger partial charge on any atom is 0.0636 e. The van der Waals surface area contributed by atoms with Crippen LogP contribution in [0.3, 0.4) is 0 Å². The molecule has 0 amide bonds. The van der Waals surface area contributed by atoms with Gasteiger partial charge in [-0.3, -0.25) is 0 Å². The van der Waals surface area contributed by atoms with Crippen molar-refractivity contribution in [2.45, 2.75) is 44.8 Å². The lowest BCUT2D eigenvalue weighted by atomic mass is 9.95. The third-order valence-electron chi connectivity index (χ3n) is 3.41. The van der Waals surface area contributed by atoms with Crippen LogP contribution in [0.15, 0.2) is 0 Å². The summed E-state index contributed by atoms with van der Waals surface area (Å²) in [5, 5.41) is 12.6. The summed E-state index contributed by atoms with van der Waals surface area (Å²) in [6.45, 7) is 2.62. The van der Waals surface area contributed by atoms with Crippen LogP contribution in [0.1, 0.15) is 32.6 Å². The summed E-state index contributed by atoms with van der Waals surface area (Å²) in [4.78, 5) is 0. The Balaban J connectivity index is 1.76. The van der Waals surface area contributed by atoms with Crippen molar-refractivity contribution in [3.63, 3.8) is 0 Å². The molecule has 0 aromatic heterocycles. The second kappa shape index (κ2) is 3.35. The van der Waals surface area contributed by atoms with Crippen molar-refractivity contribution in [1.82, 2.24) is 5.32 Å². The van der Waals surface area contributed by atoms with Gasteiger partial charge in [0.25, 0.3) is 0 Å². The van der Waals surface area contributed by atoms with Gasteiger partial charge in [0.05, 0.1) is 6.10 Å². The molecule has 2 rings (SSSR count). The van der Waals surface area contributed by atoms with Crippen molar-refractivity contribution in [1.29, 1.82) is 0 Å². The van der Waals surface area contributed by atoms with E-state index in [0.717, 1.165) is 24.4 Å². The smallest absolute Gasteiger partial charge is 0.0636 e. The normalized spacial score (nSPS) is 42.0. The van der Waals surface area contributed by atoms with E-state index in [0.29, 0.717) is 0 Å². The van der Waals surface area contributed by atoms with E-state index in [-0.39, 0.29) is 6.10 Å². The van der Waals surface area contributed by atoms with E-state index >= 15 is 0 Å². The molecule has 0 unspecified atom stereocenters.